The Labute approximate surface area is 176 Å². The molecule has 0 aliphatic carbocycles. The fourth-order valence-corrected chi connectivity index (χ4v) is 4.02. The summed E-state index contributed by atoms with van der Waals surface area (Å²) in [6.45, 7) is 0. The van der Waals surface area contributed by atoms with E-state index in [2.05, 4.69) is 29.3 Å². The normalized spacial score (nSPS) is 12.2. The first-order valence-electron chi connectivity index (χ1n) is 9.24. The molecule has 0 unspecified atom stereocenters. The van der Waals surface area contributed by atoms with E-state index >= 15 is 0 Å². The zero-order valence-electron chi connectivity index (χ0n) is 15.8. The third kappa shape index (κ3) is 5.81. The van der Waals surface area contributed by atoms with Gasteiger partial charge >= 0.3 is 0 Å². The topological polar surface area (TPSA) is 41.1 Å². The van der Waals surface area contributed by atoms with Gasteiger partial charge in [-0.2, -0.15) is 0 Å². The minimum absolute atomic E-state index is 0.0599. The largest absolute Gasteiger partial charge is 0.388 e. The summed E-state index contributed by atoms with van der Waals surface area (Å²) in [4.78, 5) is 14.4. The lowest BCUT2D eigenvalue weighted by Crippen LogP contribution is -2.12. The van der Waals surface area contributed by atoms with Crippen molar-refractivity contribution >= 4 is 41.7 Å². The number of aryl methyl sites for hydroxylation is 1. The third-order valence-corrected chi connectivity index (χ3v) is 5.86. The third-order valence-electron chi connectivity index (χ3n) is 4.36. The molecule has 0 bridgehead atoms. The van der Waals surface area contributed by atoms with Gasteiger partial charge < -0.3 is 10.6 Å². The highest BCUT2D eigenvalue weighted by Crippen LogP contribution is 2.30. The number of hydrogen-bond donors (Lipinski definition) is 3. The molecule has 1 heterocycles. The second-order valence-electron chi connectivity index (χ2n) is 6.39. The Hall–Kier alpha value is -2.37. The van der Waals surface area contributed by atoms with Crippen LogP contribution in [0.2, 0.25) is 0 Å². The Bertz CT molecular complexity index is 912. The standard InChI is InChI=1S/C16H15NOS2.C7H9N/c18-16(17-13-4-6-14(19)7-5-13)12-3-8-15-11(10-12)2-1-9-20-15;1-8-7-5-3-2-4-6-7/h3-8,10,19H,1-2,9H2,(H,17,18);2-6,8H,1H3. The van der Waals surface area contributed by atoms with Crippen LogP contribution in [0, 0.1) is 0 Å². The number of anilines is 2. The average Bonchev–Trinajstić information content (AvgIpc) is 2.76. The Morgan fingerprint density at radius 1 is 0.964 bits per heavy atom. The lowest BCUT2D eigenvalue weighted by Gasteiger charge is -2.16. The van der Waals surface area contributed by atoms with E-state index in [0.717, 1.165) is 28.3 Å². The van der Waals surface area contributed by atoms with Gasteiger partial charge in [-0.05, 0) is 78.8 Å². The number of hydrogen-bond acceptors (Lipinski definition) is 4. The van der Waals surface area contributed by atoms with Crippen LogP contribution in [0.25, 0.3) is 0 Å². The quantitative estimate of drug-likeness (QED) is 0.466. The zero-order valence-corrected chi connectivity index (χ0v) is 17.5. The molecule has 3 nitrogen and oxygen atoms in total. The lowest BCUT2D eigenvalue weighted by atomic mass is 10.1. The molecular formula is C23H24N2OS2. The van der Waals surface area contributed by atoms with Crippen LogP contribution < -0.4 is 10.6 Å². The van der Waals surface area contributed by atoms with Crippen LogP contribution in [0.3, 0.4) is 0 Å². The predicted molar refractivity (Wildman–Crippen MR) is 123 cm³/mol. The van der Waals surface area contributed by atoms with Gasteiger partial charge in [0.2, 0.25) is 0 Å². The van der Waals surface area contributed by atoms with Crippen molar-refractivity contribution in [2.75, 3.05) is 23.4 Å². The first kappa shape index (κ1) is 20.4. The van der Waals surface area contributed by atoms with E-state index in [1.54, 1.807) is 0 Å². The first-order valence-corrected chi connectivity index (χ1v) is 10.7. The van der Waals surface area contributed by atoms with Crippen molar-refractivity contribution in [2.45, 2.75) is 22.6 Å². The SMILES string of the molecule is CNc1ccccc1.O=C(Nc1ccc(S)cc1)c1ccc2c(c1)CCCS2. The predicted octanol–water partition coefficient (Wildman–Crippen LogP) is 5.99. The molecule has 5 heteroatoms. The molecule has 0 radical (unpaired) electrons. The van der Waals surface area contributed by atoms with E-state index in [0.29, 0.717) is 0 Å². The summed E-state index contributed by atoms with van der Waals surface area (Å²) in [5.41, 5.74) is 3.97. The molecule has 144 valence electrons. The second-order valence-corrected chi connectivity index (χ2v) is 8.04. The number of rotatable bonds is 3. The summed E-state index contributed by atoms with van der Waals surface area (Å²) in [5.74, 6) is 1.12. The van der Waals surface area contributed by atoms with Crippen molar-refractivity contribution < 1.29 is 4.79 Å². The highest BCUT2D eigenvalue weighted by molar-refractivity contribution is 7.99. The number of nitrogens with one attached hydrogen (secondary N) is 2. The summed E-state index contributed by atoms with van der Waals surface area (Å²) in [7, 11) is 1.91. The number of amides is 1. The number of para-hydroxylation sites is 1. The van der Waals surface area contributed by atoms with Crippen LogP contribution in [0.5, 0.6) is 0 Å². The number of thioether (sulfide) groups is 1. The van der Waals surface area contributed by atoms with Gasteiger partial charge in [0.1, 0.15) is 0 Å². The van der Waals surface area contributed by atoms with Gasteiger partial charge in [-0.25, -0.2) is 0 Å². The lowest BCUT2D eigenvalue weighted by molar-refractivity contribution is 0.102. The van der Waals surface area contributed by atoms with Crippen LogP contribution >= 0.6 is 24.4 Å². The van der Waals surface area contributed by atoms with Gasteiger partial charge in [0.15, 0.2) is 0 Å². The molecule has 1 aliphatic rings. The molecule has 3 aromatic carbocycles. The fraction of sp³-hybridized carbons (Fsp3) is 0.174. The van der Waals surface area contributed by atoms with Crippen LogP contribution in [0.4, 0.5) is 11.4 Å². The van der Waals surface area contributed by atoms with Gasteiger partial charge in [0.25, 0.3) is 5.91 Å². The molecular weight excluding hydrogens is 384 g/mol. The maximum Gasteiger partial charge on any atom is 0.255 e. The number of benzene rings is 3. The van der Waals surface area contributed by atoms with Crippen molar-refractivity contribution in [3.05, 3.63) is 83.9 Å². The van der Waals surface area contributed by atoms with Crippen LogP contribution in [-0.2, 0) is 6.42 Å². The highest BCUT2D eigenvalue weighted by atomic mass is 32.2. The monoisotopic (exact) mass is 408 g/mol. The van der Waals surface area contributed by atoms with Crippen molar-refractivity contribution in [1.82, 2.24) is 0 Å². The van der Waals surface area contributed by atoms with Gasteiger partial charge in [-0.1, -0.05) is 18.2 Å². The molecule has 3 aromatic rings. The second kappa shape index (κ2) is 10.2. The number of thiol groups is 1. The Morgan fingerprint density at radius 2 is 1.71 bits per heavy atom. The highest BCUT2D eigenvalue weighted by Gasteiger charge is 2.13. The van der Waals surface area contributed by atoms with Crippen molar-refractivity contribution in [3.63, 3.8) is 0 Å². The van der Waals surface area contributed by atoms with Crippen molar-refractivity contribution in [3.8, 4) is 0 Å². The smallest absolute Gasteiger partial charge is 0.255 e. The summed E-state index contributed by atoms with van der Waals surface area (Å²) in [6, 6.07) is 23.5. The van der Waals surface area contributed by atoms with Crippen LogP contribution in [-0.4, -0.2) is 18.7 Å². The van der Waals surface area contributed by atoms with Crippen molar-refractivity contribution in [2.24, 2.45) is 0 Å². The zero-order chi connectivity index (χ0) is 19.8. The number of carbonyl (C=O) groups is 1. The van der Waals surface area contributed by atoms with E-state index in [9.17, 15) is 4.79 Å². The molecule has 4 rings (SSSR count). The molecule has 0 atom stereocenters. The van der Waals surface area contributed by atoms with E-state index in [4.69, 9.17) is 0 Å². The molecule has 0 saturated heterocycles. The van der Waals surface area contributed by atoms with Crippen LogP contribution in [0.1, 0.15) is 22.3 Å². The Morgan fingerprint density at radius 3 is 2.39 bits per heavy atom. The number of fused-ring (bicyclic) bond motifs is 1. The van der Waals surface area contributed by atoms with E-state index in [1.807, 2.05) is 85.5 Å². The minimum atomic E-state index is -0.0599. The Balaban J connectivity index is 0.000000236. The molecule has 0 spiro atoms. The fourth-order valence-electron chi connectivity index (χ4n) is 2.85. The first-order chi connectivity index (χ1) is 13.7. The molecule has 28 heavy (non-hydrogen) atoms. The molecule has 1 aliphatic heterocycles. The number of carbonyl (C=O) groups excluding carboxylic acids is 1. The summed E-state index contributed by atoms with van der Waals surface area (Å²) >= 11 is 6.11. The molecule has 0 saturated carbocycles. The van der Waals surface area contributed by atoms with E-state index in [1.165, 1.54) is 22.6 Å². The van der Waals surface area contributed by atoms with E-state index < -0.39 is 0 Å². The average molecular weight is 409 g/mol. The van der Waals surface area contributed by atoms with Gasteiger partial charge in [-0.3, -0.25) is 4.79 Å². The molecule has 0 fully saturated rings. The van der Waals surface area contributed by atoms with E-state index in [-0.39, 0.29) is 5.91 Å². The maximum atomic E-state index is 12.2. The van der Waals surface area contributed by atoms with Gasteiger partial charge in [0, 0.05) is 33.8 Å². The Kier molecular flexibility index (Phi) is 7.46. The van der Waals surface area contributed by atoms with Crippen LogP contribution in [0.15, 0.2) is 82.6 Å². The summed E-state index contributed by atoms with van der Waals surface area (Å²) in [6.07, 6.45) is 2.25. The molecule has 2 N–H and O–H groups in total. The maximum absolute atomic E-state index is 12.2. The van der Waals surface area contributed by atoms with Gasteiger partial charge in [-0.15, -0.1) is 24.4 Å². The molecule has 0 aromatic heterocycles. The summed E-state index contributed by atoms with van der Waals surface area (Å²) < 4.78 is 0. The van der Waals surface area contributed by atoms with Gasteiger partial charge in [0.05, 0.1) is 0 Å². The minimum Gasteiger partial charge on any atom is -0.388 e. The summed E-state index contributed by atoms with van der Waals surface area (Å²) in [5, 5.41) is 5.94. The van der Waals surface area contributed by atoms with Crippen molar-refractivity contribution in [1.29, 1.82) is 0 Å². The molecule has 1 amide bonds.